The summed E-state index contributed by atoms with van der Waals surface area (Å²) in [7, 11) is 1.80. The van der Waals surface area contributed by atoms with E-state index in [0.29, 0.717) is 41.8 Å². The van der Waals surface area contributed by atoms with Gasteiger partial charge in [0, 0.05) is 57.6 Å². The van der Waals surface area contributed by atoms with Crippen molar-refractivity contribution in [1.82, 2.24) is 20.0 Å². The van der Waals surface area contributed by atoms with E-state index in [9.17, 15) is 27.2 Å². The zero-order chi connectivity index (χ0) is 28.5. The number of amides is 2. The number of carbonyl (C=O) groups is 2. The molecular formula is C27H30Cl2F4N4O2. The molecule has 0 bridgehead atoms. The maximum atomic E-state index is 14.2. The largest absolute Gasteiger partial charge is 0.419 e. The van der Waals surface area contributed by atoms with Crippen LogP contribution in [0, 0.1) is 5.82 Å². The lowest BCUT2D eigenvalue weighted by molar-refractivity contribution is -0.140. The van der Waals surface area contributed by atoms with Crippen molar-refractivity contribution in [2.24, 2.45) is 0 Å². The highest BCUT2D eigenvalue weighted by Crippen LogP contribution is 2.36. The number of alkyl halides is 3. The molecule has 12 heteroatoms. The van der Waals surface area contributed by atoms with Crippen LogP contribution < -0.4 is 5.32 Å². The van der Waals surface area contributed by atoms with Gasteiger partial charge in [0.25, 0.3) is 0 Å². The first-order chi connectivity index (χ1) is 18.3. The molecule has 1 N–H and O–H groups in total. The van der Waals surface area contributed by atoms with Crippen molar-refractivity contribution < 1.29 is 27.2 Å². The first-order valence-corrected chi connectivity index (χ1v) is 13.4. The summed E-state index contributed by atoms with van der Waals surface area (Å²) in [6.45, 7) is 3.95. The van der Waals surface area contributed by atoms with Gasteiger partial charge in [-0.25, -0.2) is 4.39 Å². The second-order valence-electron chi connectivity index (χ2n) is 10.3. The van der Waals surface area contributed by atoms with Crippen molar-refractivity contribution >= 4 is 35.0 Å². The Hall–Kier alpha value is -2.40. The summed E-state index contributed by atoms with van der Waals surface area (Å²) >= 11 is 12.4. The molecule has 2 heterocycles. The third kappa shape index (κ3) is 7.22. The Balaban J connectivity index is 1.50. The first-order valence-electron chi connectivity index (χ1n) is 12.6. The van der Waals surface area contributed by atoms with Crippen LogP contribution in [0.4, 0.5) is 17.6 Å². The van der Waals surface area contributed by atoms with Crippen LogP contribution in [0.25, 0.3) is 0 Å². The topological polar surface area (TPSA) is 55.9 Å². The number of halogens is 6. The predicted octanol–water partition coefficient (Wildman–Crippen LogP) is 4.79. The number of nitrogens with one attached hydrogen (secondary N) is 1. The van der Waals surface area contributed by atoms with Gasteiger partial charge in [0.05, 0.1) is 22.2 Å². The van der Waals surface area contributed by atoms with Gasteiger partial charge in [-0.05, 0) is 48.9 Å². The lowest BCUT2D eigenvalue weighted by Crippen LogP contribution is -2.42. The molecule has 0 radical (unpaired) electrons. The minimum absolute atomic E-state index is 0.0147. The maximum absolute atomic E-state index is 14.2. The van der Waals surface area contributed by atoms with Crippen LogP contribution >= 0.6 is 23.2 Å². The summed E-state index contributed by atoms with van der Waals surface area (Å²) in [4.78, 5) is 30.4. The van der Waals surface area contributed by atoms with Crippen molar-refractivity contribution in [3.63, 3.8) is 0 Å². The first kappa shape index (κ1) is 29.6. The average molecular weight is 589 g/mol. The van der Waals surface area contributed by atoms with E-state index < -0.39 is 17.6 Å². The number of hydrogen-bond acceptors (Lipinski definition) is 4. The van der Waals surface area contributed by atoms with Crippen LogP contribution in [0.5, 0.6) is 0 Å². The zero-order valence-corrected chi connectivity index (χ0v) is 23.1. The summed E-state index contributed by atoms with van der Waals surface area (Å²) < 4.78 is 53.2. The summed E-state index contributed by atoms with van der Waals surface area (Å²) in [5, 5.41) is 3.67. The van der Waals surface area contributed by atoms with Crippen molar-refractivity contribution in [3.05, 3.63) is 69.0 Å². The highest BCUT2D eigenvalue weighted by molar-refractivity contribution is 6.42. The molecule has 0 aromatic heterocycles. The second-order valence-corrected chi connectivity index (χ2v) is 11.1. The van der Waals surface area contributed by atoms with Crippen molar-refractivity contribution in [3.8, 4) is 0 Å². The van der Waals surface area contributed by atoms with Gasteiger partial charge in [0.15, 0.2) is 0 Å². The number of carbonyl (C=O) groups excluding carboxylic acids is 2. The normalized spacial score (nSPS) is 22.1. The molecule has 3 atom stereocenters. The van der Waals surface area contributed by atoms with E-state index in [4.69, 9.17) is 23.2 Å². The Morgan fingerprint density at radius 1 is 1.08 bits per heavy atom. The summed E-state index contributed by atoms with van der Waals surface area (Å²) in [5.74, 6) is -1.63. The predicted molar refractivity (Wildman–Crippen MR) is 141 cm³/mol. The van der Waals surface area contributed by atoms with E-state index in [2.05, 4.69) is 5.32 Å². The van der Waals surface area contributed by atoms with Gasteiger partial charge in [0.2, 0.25) is 11.8 Å². The maximum Gasteiger partial charge on any atom is 0.419 e. The van der Waals surface area contributed by atoms with Gasteiger partial charge in [0.1, 0.15) is 5.82 Å². The molecule has 0 spiro atoms. The fourth-order valence-corrected chi connectivity index (χ4v) is 5.78. The molecule has 6 nitrogen and oxygen atoms in total. The molecule has 2 aromatic rings. The van der Waals surface area contributed by atoms with E-state index in [1.165, 1.54) is 13.0 Å². The summed E-state index contributed by atoms with van der Waals surface area (Å²) in [6, 6.07) is 8.05. The highest BCUT2D eigenvalue weighted by atomic mass is 35.5. The Bertz CT molecular complexity index is 1230. The van der Waals surface area contributed by atoms with E-state index >= 15 is 0 Å². The molecule has 212 valence electrons. The van der Waals surface area contributed by atoms with Crippen LogP contribution in [-0.4, -0.2) is 78.4 Å². The molecule has 0 aliphatic carbocycles. The SMILES string of the molecule is CC(=O)N[C@@H]1CCN(CC(=O)N2C[C@H](c3ccc(Cl)c(Cl)c3)[C@H](N(C)Cc3ccc(C(F)(F)F)c(F)c3)C2)C1. The van der Waals surface area contributed by atoms with Crippen LogP contribution in [0.1, 0.15) is 36.0 Å². The Labute approximate surface area is 234 Å². The van der Waals surface area contributed by atoms with Crippen LogP contribution in [0.2, 0.25) is 10.0 Å². The van der Waals surface area contributed by atoms with Gasteiger partial charge in [-0.15, -0.1) is 0 Å². The van der Waals surface area contributed by atoms with Gasteiger partial charge >= 0.3 is 6.18 Å². The van der Waals surface area contributed by atoms with Crippen molar-refractivity contribution in [2.75, 3.05) is 39.8 Å². The number of likely N-dealkylation sites (tertiary alicyclic amines) is 2. The van der Waals surface area contributed by atoms with Crippen LogP contribution in [-0.2, 0) is 22.3 Å². The summed E-state index contributed by atoms with van der Waals surface area (Å²) in [6.07, 6.45) is -3.99. The summed E-state index contributed by atoms with van der Waals surface area (Å²) in [5.41, 5.74) is -0.0355. The van der Waals surface area contributed by atoms with E-state index in [-0.39, 0.29) is 42.9 Å². The van der Waals surface area contributed by atoms with Gasteiger partial charge < -0.3 is 10.2 Å². The number of benzene rings is 2. The van der Waals surface area contributed by atoms with E-state index in [1.54, 1.807) is 24.1 Å². The minimum Gasteiger partial charge on any atom is -0.352 e. The standard InChI is InChI=1S/C27H30Cl2F4N4O2/c1-16(38)34-19-7-8-36(12-19)15-26(39)37-13-20(18-4-6-22(28)23(29)10-18)25(14-37)35(2)11-17-3-5-21(24(30)9-17)27(31,32)33/h3-6,9-10,19-20,25H,7-8,11-15H2,1-2H3,(H,34,38)/t19-,20-,25-/m1/s1. The molecule has 2 saturated heterocycles. The molecule has 4 rings (SSSR count). The van der Waals surface area contributed by atoms with Gasteiger partial charge in [-0.2, -0.15) is 13.2 Å². The van der Waals surface area contributed by atoms with E-state index in [0.717, 1.165) is 24.1 Å². The van der Waals surface area contributed by atoms with Gasteiger partial charge in [-0.3, -0.25) is 19.4 Å². The molecular weight excluding hydrogens is 559 g/mol. The number of hydrogen-bond donors (Lipinski definition) is 1. The third-order valence-corrected chi connectivity index (χ3v) is 8.13. The van der Waals surface area contributed by atoms with Crippen molar-refractivity contribution in [1.29, 1.82) is 0 Å². The molecule has 0 unspecified atom stereocenters. The number of likely N-dealkylation sites (N-methyl/N-ethyl adjacent to an activating group) is 1. The highest BCUT2D eigenvalue weighted by Gasteiger charge is 2.40. The molecule has 2 amide bonds. The van der Waals surface area contributed by atoms with E-state index in [1.807, 2.05) is 15.9 Å². The zero-order valence-electron chi connectivity index (χ0n) is 21.6. The molecule has 2 fully saturated rings. The Morgan fingerprint density at radius 2 is 1.82 bits per heavy atom. The minimum atomic E-state index is -4.77. The second kappa shape index (κ2) is 12.0. The molecule has 0 saturated carbocycles. The monoisotopic (exact) mass is 588 g/mol. The average Bonchev–Trinajstić information content (AvgIpc) is 3.47. The number of nitrogens with zero attached hydrogens (tertiary/aromatic N) is 3. The molecule has 39 heavy (non-hydrogen) atoms. The molecule has 2 aliphatic heterocycles. The van der Waals surface area contributed by atoms with Gasteiger partial charge in [-0.1, -0.05) is 35.3 Å². The smallest absolute Gasteiger partial charge is 0.352 e. The lowest BCUT2D eigenvalue weighted by Gasteiger charge is -2.29. The lowest BCUT2D eigenvalue weighted by atomic mass is 9.93. The quantitative estimate of drug-likeness (QED) is 0.473. The van der Waals surface area contributed by atoms with Crippen molar-refractivity contribution in [2.45, 2.75) is 44.1 Å². The Kier molecular flexibility index (Phi) is 9.10. The third-order valence-electron chi connectivity index (χ3n) is 7.39. The van der Waals surface area contributed by atoms with Crippen LogP contribution in [0.3, 0.4) is 0 Å². The van der Waals surface area contributed by atoms with Crippen LogP contribution in [0.15, 0.2) is 36.4 Å². The Morgan fingerprint density at radius 3 is 2.46 bits per heavy atom. The fraction of sp³-hybridized carbons (Fsp3) is 0.481. The number of rotatable bonds is 7. The molecule has 2 aromatic carbocycles. The fourth-order valence-electron chi connectivity index (χ4n) is 5.47. The molecule has 2 aliphatic rings.